The van der Waals surface area contributed by atoms with Crippen molar-refractivity contribution >= 4 is 22.9 Å². The van der Waals surface area contributed by atoms with Gasteiger partial charge in [0, 0.05) is 50.5 Å². The molecule has 1 saturated heterocycles. The van der Waals surface area contributed by atoms with Crippen molar-refractivity contribution in [2.45, 2.75) is 51.1 Å². The lowest BCUT2D eigenvalue weighted by Gasteiger charge is -2.35. The Kier molecular flexibility index (Phi) is 6.07. The number of aromatic nitrogens is 5. The van der Waals surface area contributed by atoms with E-state index in [-0.39, 0.29) is 24.0 Å². The molecule has 3 aromatic rings. The van der Waals surface area contributed by atoms with Gasteiger partial charge in [-0.3, -0.25) is 9.78 Å². The van der Waals surface area contributed by atoms with Crippen LogP contribution in [0.1, 0.15) is 31.9 Å². The highest BCUT2D eigenvalue weighted by Crippen LogP contribution is 2.33. The summed E-state index contributed by atoms with van der Waals surface area (Å²) in [5, 5.41) is 3.40. The lowest BCUT2D eigenvalue weighted by atomic mass is 9.81. The molecule has 0 radical (unpaired) electrons. The number of carbonyl (C=O) groups excluding carboxylic acids is 1. The van der Waals surface area contributed by atoms with Crippen LogP contribution in [0.25, 0.3) is 22.6 Å². The highest BCUT2D eigenvalue weighted by atomic mass is 19.4. The van der Waals surface area contributed by atoms with Crippen LogP contribution in [0.3, 0.4) is 0 Å². The number of nitrogens with zero attached hydrogens (tertiary/aromatic N) is 6. The van der Waals surface area contributed by atoms with Crippen molar-refractivity contribution in [3.8, 4) is 11.4 Å². The number of alkyl halides is 3. The number of pyridine rings is 1. The SMILES string of the molecule is CCn1c(-c2ccc(C(F)(F)F)nc2)nc2c(N[C@H]3CCN(C(=O)[C@H]4C[C@H](OC)C4)C3)ncnc21. The number of amides is 1. The minimum absolute atomic E-state index is 0.0123. The minimum Gasteiger partial charge on any atom is -0.381 e. The molecule has 3 aromatic heterocycles. The number of methoxy groups -OCH3 is 1. The third-order valence-corrected chi connectivity index (χ3v) is 6.78. The summed E-state index contributed by atoms with van der Waals surface area (Å²) >= 11 is 0. The third-order valence-electron chi connectivity index (χ3n) is 6.78. The molecule has 12 heteroatoms. The molecule has 5 rings (SSSR count). The zero-order valence-electron chi connectivity index (χ0n) is 19.4. The fourth-order valence-electron chi connectivity index (χ4n) is 4.75. The Balaban J connectivity index is 1.35. The van der Waals surface area contributed by atoms with E-state index in [2.05, 4.69) is 25.3 Å². The summed E-state index contributed by atoms with van der Waals surface area (Å²) in [7, 11) is 1.67. The first-order valence-electron chi connectivity index (χ1n) is 11.6. The van der Waals surface area contributed by atoms with Gasteiger partial charge in [-0.05, 0) is 38.3 Å². The van der Waals surface area contributed by atoms with Crippen molar-refractivity contribution in [2.24, 2.45) is 5.92 Å². The molecule has 0 spiro atoms. The maximum atomic E-state index is 12.9. The highest BCUT2D eigenvalue weighted by molar-refractivity contribution is 5.86. The molecule has 1 N–H and O–H groups in total. The standard InChI is InChI=1S/C23H26F3N7O2/c1-3-33-20(13-4-5-17(27-10-13)23(24,25)26)31-18-19(28-12-29-21(18)33)30-15-6-7-32(11-15)22(34)14-8-16(9-14)35-2/h4-5,10,12,14-16H,3,6-9,11H2,1-2H3,(H,28,29,30)/t14-,15-,16-/m0/s1. The summed E-state index contributed by atoms with van der Waals surface area (Å²) in [5.74, 6) is 1.20. The predicted molar refractivity (Wildman–Crippen MR) is 121 cm³/mol. The number of carbonyl (C=O) groups is 1. The Hall–Kier alpha value is -3.28. The van der Waals surface area contributed by atoms with Crippen LogP contribution in [0.2, 0.25) is 0 Å². The second-order valence-electron chi connectivity index (χ2n) is 8.94. The number of hydrogen-bond donors (Lipinski definition) is 1. The second-order valence-corrected chi connectivity index (χ2v) is 8.94. The summed E-state index contributed by atoms with van der Waals surface area (Å²) in [6.07, 6.45) is 0.599. The molecule has 9 nitrogen and oxygen atoms in total. The molecule has 1 aliphatic heterocycles. The largest absolute Gasteiger partial charge is 0.433 e. The average molecular weight is 490 g/mol. The summed E-state index contributed by atoms with van der Waals surface area (Å²) < 4.78 is 45.9. The Morgan fingerprint density at radius 2 is 2.03 bits per heavy atom. The third kappa shape index (κ3) is 4.42. The molecular formula is C23H26F3N7O2. The van der Waals surface area contributed by atoms with Crippen molar-refractivity contribution in [3.05, 3.63) is 30.4 Å². The molecular weight excluding hydrogens is 463 g/mol. The van der Waals surface area contributed by atoms with E-state index >= 15 is 0 Å². The number of aryl methyl sites for hydroxylation is 1. The van der Waals surface area contributed by atoms with E-state index in [1.807, 2.05) is 16.4 Å². The van der Waals surface area contributed by atoms with Crippen LogP contribution < -0.4 is 5.32 Å². The second kappa shape index (κ2) is 9.06. The maximum Gasteiger partial charge on any atom is 0.433 e. The highest BCUT2D eigenvalue weighted by Gasteiger charge is 2.39. The van der Waals surface area contributed by atoms with Gasteiger partial charge in [0.1, 0.15) is 17.8 Å². The van der Waals surface area contributed by atoms with Gasteiger partial charge >= 0.3 is 6.18 Å². The lowest BCUT2D eigenvalue weighted by molar-refractivity contribution is -0.142. The van der Waals surface area contributed by atoms with E-state index < -0.39 is 11.9 Å². The molecule has 2 aliphatic rings. The van der Waals surface area contributed by atoms with Gasteiger partial charge in [0.2, 0.25) is 5.91 Å². The van der Waals surface area contributed by atoms with Crippen LogP contribution in [0.5, 0.6) is 0 Å². The Bertz CT molecular complexity index is 1220. The molecule has 1 amide bonds. The molecule has 0 unspecified atom stereocenters. The average Bonchev–Trinajstić information content (AvgIpc) is 3.43. The van der Waals surface area contributed by atoms with E-state index in [9.17, 15) is 18.0 Å². The van der Waals surface area contributed by atoms with Crippen LogP contribution >= 0.6 is 0 Å². The summed E-state index contributed by atoms with van der Waals surface area (Å²) in [6, 6.07) is 2.32. The number of likely N-dealkylation sites (tertiary alicyclic amines) is 1. The number of ether oxygens (including phenoxy) is 1. The van der Waals surface area contributed by atoms with Gasteiger partial charge in [-0.2, -0.15) is 13.2 Å². The first-order valence-corrected chi connectivity index (χ1v) is 11.6. The lowest BCUT2D eigenvalue weighted by Crippen LogP contribution is -2.44. The molecule has 2 fully saturated rings. The zero-order valence-corrected chi connectivity index (χ0v) is 19.4. The zero-order chi connectivity index (χ0) is 24.7. The number of nitrogens with one attached hydrogen (secondary N) is 1. The van der Waals surface area contributed by atoms with Crippen LogP contribution in [-0.2, 0) is 22.3 Å². The van der Waals surface area contributed by atoms with Gasteiger partial charge in [0.25, 0.3) is 0 Å². The number of hydrogen-bond acceptors (Lipinski definition) is 7. The first kappa shape index (κ1) is 23.5. The number of fused-ring (bicyclic) bond motifs is 1. The summed E-state index contributed by atoms with van der Waals surface area (Å²) in [5.41, 5.74) is 0.598. The number of anilines is 1. The predicted octanol–water partition coefficient (Wildman–Crippen LogP) is 3.36. The van der Waals surface area contributed by atoms with Gasteiger partial charge in [0.05, 0.1) is 6.10 Å². The molecule has 1 saturated carbocycles. The summed E-state index contributed by atoms with van der Waals surface area (Å²) in [4.78, 5) is 31.6. The van der Waals surface area contributed by atoms with Gasteiger partial charge in [-0.1, -0.05) is 0 Å². The fourth-order valence-corrected chi connectivity index (χ4v) is 4.75. The van der Waals surface area contributed by atoms with Gasteiger partial charge in [-0.15, -0.1) is 0 Å². The van der Waals surface area contributed by atoms with Crippen LogP contribution in [-0.4, -0.2) is 67.7 Å². The number of halogens is 3. The van der Waals surface area contributed by atoms with E-state index in [0.717, 1.165) is 25.3 Å². The molecule has 1 aliphatic carbocycles. The maximum absolute atomic E-state index is 12.9. The van der Waals surface area contributed by atoms with E-state index in [0.29, 0.717) is 48.0 Å². The molecule has 1 atom stereocenters. The van der Waals surface area contributed by atoms with Crippen molar-refractivity contribution < 1.29 is 22.7 Å². The Morgan fingerprint density at radius 1 is 1.23 bits per heavy atom. The molecule has 186 valence electrons. The van der Waals surface area contributed by atoms with Crippen LogP contribution in [0, 0.1) is 5.92 Å². The van der Waals surface area contributed by atoms with E-state index in [4.69, 9.17) is 4.74 Å². The molecule has 4 heterocycles. The van der Waals surface area contributed by atoms with E-state index in [1.54, 1.807) is 7.11 Å². The van der Waals surface area contributed by atoms with Gasteiger partial charge < -0.3 is 19.5 Å². The van der Waals surface area contributed by atoms with Crippen molar-refractivity contribution in [1.82, 2.24) is 29.4 Å². The Morgan fingerprint density at radius 3 is 2.69 bits per heavy atom. The van der Waals surface area contributed by atoms with Crippen molar-refractivity contribution in [2.75, 3.05) is 25.5 Å². The first-order chi connectivity index (χ1) is 16.8. The van der Waals surface area contributed by atoms with Crippen LogP contribution in [0.15, 0.2) is 24.7 Å². The van der Waals surface area contributed by atoms with Crippen molar-refractivity contribution in [3.63, 3.8) is 0 Å². The smallest absolute Gasteiger partial charge is 0.381 e. The normalized spacial score (nSPS) is 22.4. The molecule has 35 heavy (non-hydrogen) atoms. The van der Waals surface area contributed by atoms with Crippen molar-refractivity contribution in [1.29, 1.82) is 0 Å². The number of rotatable bonds is 6. The minimum atomic E-state index is -4.51. The van der Waals surface area contributed by atoms with Gasteiger partial charge in [0.15, 0.2) is 17.0 Å². The molecule has 0 aromatic carbocycles. The topological polar surface area (TPSA) is 98.1 Å². The summed E-state index contributed by atoms with van der Waals surface area (Å²) in [6.45, 7) is 3.67. The quantitative estimate of drug-likeness (QED) is 0.567. The monoisotopic (exact) mass is 489 g/mol. The van der Waals surface area contributed by atoms with Gasteiger partial charge in [-0.25, -0.2) is 15.0 Å². The van der Waals surface area contributed by atoms with Crippen LogP contribution in [0.4, 0.5) is 19.0 Å². The Labute approximate surface area is 199 Å². The number of imidazole rings is 1. The van der Waals surface area contributed by atoms with E-state index in [1.165, 1.54) is 18.6 Å². The molecule has 0 bridgehead atoms. The fraction of sp³-hybridized carbons (Fsp3) is 0.522.